The van der Waals surface area contributed by atoms with Crippen LogP contribution in [0.25, 0.3) is 10.8 Å². The molecule has 0 bridgehead atoms. The van der Waals surface area contributed by atoms with Gasteiger partial charge in [0.1, 0.15) is 0 Å². The third-order valence-electron chi connectivity index (χ3n) is 3.44. The van der Waals surface area contributed by atoms with Gasteiger partial charge in [-0.1, -0.05) is 16.7 Å². The number of nitrogens with one attached hydrogen (secondary N) is 1. The molecular weight excluding hydrogens is 478 g/mol. The number of sulfone groups is 1. The fraction of sp³-hybridized carbons (Fsp3) is 0.188. The number of aromatic nitrogens is 2. The van der Waals surface area contributed by atoms with Gasteiger partial charge in [0.25, 0.3) is 5.89 Å². The van der Waals surface area contributed by atoms with Crippen LogP contribution in [0.3, 0.4) is 0 Å². The third kappa shape index (κ3) is 5.38. The number of anilines is 1. The monoisotopic (exact) mass is 489 g/mol. The van der Waals surface area contributed by atoms with Crippen molar-refractivity contribution in [3.05, 3.63) is 45.2 Å². The smallest absolute Gasteiger partial charge is 0.322 e. The lowest BCUT2D eigenvalue weighted by molar-refractivity contribution is -0.116. The minimum absolute atomic E-state index is 0.00901. The lowest BCUT2D eigenvalue weighted by atomic mass is 10.3. The Labute approximate surface area is 172 Å². The van der Waals surface area contributed by atoms with Crippen molar-refractivity contribution in [3.63, 3.8) is 0 Å². The van der Waals surface area contributed by atoms with E-state index < -0.39 is 15.7 Å². The van der Waals surface area contributed by atoms with E-state index in [2.05, 4.69) is 31.4 Å². The second-order valence-corrected chi connectivity index (χ2v) is 10.4. The zero-order valence-electron chi connectivity index (χ0n) is 13.7. The van der Waals surface area contributed by atoms with E-state index in [1.807, 2.05) is 12.1 Å². The van der Waals surface area contributed by atoms with E-state index in [1.165, 1.54) is 35.6 Å². The van der Waals surface area contributed by atoms with Gasteiger partial charge in [-0.25, -0.2) is 8.42 Å². The summed E-state index contributed by atoms with van der Waals surface area (Å²) in [6.45, 7) is 0. The van der Waals surface area contributed by atoms with Crippen LogP contribution in [0.1, 0.15) is 12.8 Å². The summed E-state index contributed by atoms with van der Waals surface area (Å²) in [5, 5.41) is 10.6. The van der Waals surface area contributed by atoms with E-state index in [4.69, 9.17) is 16.0 Å². The molecule has 2 aromatic heterocycles. The van der Waals surface area contributed by atoms with Crippen LogP contribution in [0.15, 0.2) is 49.5 Å². The van der Waals surface area contributed by atoms with Gasteiger partial charge in [0.15, 0.2) is 9.84 Å². The Morgan fingerprint density at radius 1 is 1.19 bits per heavy atom. The first kappa shape index (κ1) is 20.0. The minimum Gasteiger partial charge on any atom is -0.402 e. The van der Waals surface area contributed by atoms with Crippen molar-refractivity contribution in [3.8, 4) is 10.8 Å². The number of benzene rings is 1. The number of nitrogens with zero attached hydrogens (tertiary/aromatic N) is 2. The standard InChI is InChI=1S/C16H13BrClN3O4S2/c17-13-8-7-12(26-13)15-20-21-16(25-15)19-14(22)2-1-9-27(23,24)11-5-3-10(18)4-6-11/h3-8H,1-2,9H2,(H,19,21,22). The van der Waals surface area contributed by atoms with Crippen LogP contribution < -0.4 is 5.32 Å². The molecule has 0 unspecified atom stereocenters. The molecule has 0 aliphatic rings. The second kappa shape index (κ2) is 8.51. The van der Waals surface area contributed by atoms with E-state index in [-0.39, 0.29) is 29.5 Å². The quantitative estimate of drug-likeness (QED) is 0.526. The van der Waals surface area contributed by atoms with Gasteiger partial charge in [0.2, 0.25) is 5.91 Å². The lowest BCUT2D eigenvalue weighted by Gasteiger charge is -2.04. The number of carbonyl (C=O) groups is 1. The number of hydrogen-bond donors (Lipinski definition) is 1. The zero-order valence-corrected chi connectivity index (χ0v) is 17.7. The molecule has 0 saturated carbocycles. The van der Waals surface area contributed by atoms with Crippen LogP contribution in [0.4, 0.5) is 6.01 Å². The van der Waals surface area contributed by atoms with E-state index in [9.17, 15) is 13.2 Å². The molecule has 11 heteroatoms. The molecule has 0 aliphatic carbocycles. The van der Waals surface area contributed by atoms with Gasteiger partial charge in [-0.15, -0.1) is 16.4 Å². The maximum absolute atomic E-state index is 12.2. The highest BCUT2D eigenvalue weighted by Crippen LogP contribution is 2.31. The van der Waals surface area contributed by atoms with Gasteiger partial charge < -0.3 is 4.42 Å². The molecule has 1 amide bonds. The molecule has 2 heterocycles. The second-order valence-electron chi connectivity index (χ2n) is 5.44. The summed E-state index contributed by atoms with van der Waals surface area (Å²) in [6, 6.07) is 9.56. The highest BCUT2D eigenvalue weighted by Gasteiger charge is 2.16. The summed E-state index contributed by atoms with van der Waals surface area (Å²) >= 11 is 10.5. The van der Waals surface area contributed by atoms with Gasteiger partial charge in [0, 0.05) is 11.4 Å². The van der Waals surface area contributed by atoms with Crippen LogP contribution in [0.2, 0.25) is 5.02 Å². The molecule has 1 aromatic carbocycles. The molecule has 0 atom stereocenters. The summed E-state index contributed by atoms with van der Waals surface area (Å²) in [5.74, 6) is -0.254. The van der Waals surface area contributed by atoms with E-state index in [0.717, 1.165) is 8.66 Å². The maximum atomic E-state index is 12.2. The third-order valence-corrected chi connectivity index (χ3v) is 7.13. The molecule has 3 rings (SSSR count). The lowest BCUT2D eigenvalue weighted by Crippen LogP contribution is -2.14. The Bertz CT molecular complexity index is 1050. The van der Waals surface area contributed by atoms with Crippen molar-refractivity contribution in [1.29, 1.82) is 0 Å². The number of amides is 1. The molecule has 27 heavy (non-hydrogen) atoms. The fourth-order valence-electron chi connectivity index (χ4n) is 2.17. The molecule has 0 fully saturated rings. The van der Waals surface area contributed by atoms with Crippen molar-refractivity contribution in [2.45, 2.75) is 17.7 Å². The molecule has 1 N–H and O–H groups in total. The fourth-order valence-corrected chi connectivity index (χ4v) is 4.91. The SMILES string of the molecule is O=C(CCCS(=O)(=O)c1ccc(Cl)cc1)Nc1nnc(-c2ccc(Br)s2)o1. The van der Waals surface area contributed by atoms with Crippen LogP contribution in [0, 0.1) is 0 Å². The van der Waals surface area contributed by atoms with Crippen LogP contribution >= 0.6 is 38.9 Å². The van der Waals surface area contributed by atoms with Crippen molar-refractivity contribution < 1.29 is 17.6 Å². The number of rotatable bonds is 7. The highest BCUT2D eigenvalue weighted by molar-refractivity contribution is 9.11. The first-order valence-corrected chi connectivity index (χ1v) is 11.3. The topological polar surface area (TPSA) is 102 Å². The van der Waals surface area contributed by atoms with Crippen molar-refractivity contribution >= 4 is 60.6 Å². The Kier molecular flexibility index (Phi) is 6.30. The molecule has 0 spiro atoms. The average Bonchev–Trinajstić information content (AvgIpc) is 3.24. The highest BCUT2D eigenvalue weighted by atomic mass is 79.9. The summed E-state index contributed by atoms with van der Waals surface area (Å²) in [6.07, 6.45) is 0.171. The summed E-state index contributed by atoms with van der Waals surface area (Å²) < 4.78 is 30.8. The average molecular weight is 491 g/mol. The molecule has 3 aromatic rings. The van der Waals surface area contributed by atoms with Crippen molar-refractivity contribution in [2.24, 2.45) is 0 Å². The Morgan fingerprint density at radius 2 is 1.93 bits per heavy atom. The van der Waals surface area contributed by atoms with E-state index in [1.54, 1.807) is 0 Å². The molecule has 0 radical (unpaired) electrons. The Hall–Kier alpha value is -1.75. The number of thiophene rings is 1. The van der Waals surface area contributed by atoms with Gasteiger partial charge in [-0.3, -0.25) is 10.1 Å². The molecule has 0 saturated heterocycles. The summed E-state index contributed by atoms with van der Waals surface area (Å²) in [4.78, 5) is 12.9. The van der Waals surface area contributed by atoms with Gasteiger partial charge in [-0.05, 0) is 58.7 Å². The molecule has 142 valence electrons. The molecular formula is C16H13BrClN3O4S2. The van der Waals surface area contributed by atoms with Gasteiger partial charge in [-0.2, -0.15) is 0 Å². The number of halogens is 2. The Balaban J connectivity index is 1.51. The summed E-state index contributed by atoms with van der Waals surface area (Å²) in [7, 11) is -3.47. The number of carbonyl (C=O) groups excluding carboxylic acids is 1. The van der Waals surface area contributed by atoms with Gasteiger partial charge >= 0.3 is 6.01 Å². The van der Waals surface area contributed by atoms with Crippen molar-refractivity contribution in [2.75, 3.05) is 11.1 Å². The van der Waals surface area contributed by atoms with Gasteiger partial charge in [0.05, 0.1) is 19.3 Å². The first-order chi connectivity index (χ1) is 12.8. The predicted octanol–water partition coefficient (Wildman–Crippen LogP) is 4.41. The van der Waals surface area contributed by atoms with Crippen LogP contribution in [-0.2, 0) is 14.6 Å². The number of hydrogen-bond acceptors (Lipinski definition) is 7. The zero-order chi connectivity index (χ0) is 19.4. The van der Waals surface area contributed by atoms with Crippen LogP contribution in [-0.4, -0.2) is 30.3 Å². The molecule has 7 nitrogen and oxygen atoms in total. The van der Waals surface area contributed by atoms with Crippen LogP contribution in [0.5, 0.6) is 0 Å². The summed E-state index contributed by atoms with van der Waals surface area (Å²) in [5.41, 5.74) is 0. The first-order valence-electron chi connectivity index (χ1n) is 7.71. The Morgan fingerprint density at radius 3 is 2.59 bits per heavy atom. The largest absolute Gasteiger partial charge is 0.402 e. The normalized spacial score (nSPS) is 11.5. The van der Waals surface area contributed by atoms with E-state index in [0.29, 0.717) is 10.9 Å². The van der Waals surface area contributed by atoms with E-state index >= 15 is 0 Å². The molecule has 0 aliphatic heterocycles. The van der Waals surface area contributed by atoms with Crippen molar-refractivity contribution in [1.82, 2.24) is 10.2 Å². The minimum atomic E-state index is -3.47. The maximum Gasteiger partial charge on any atom is 0.322 e. The predicted molar refractivity (Wildman–Crippen MR) is 107 cm³/mol.